The number of aromatic nitrogens is 2. The van der Waals surface area contributed by atoms with Crippen LogP contribution in [0.5, 0.6) is 0 Å². The molecule has 0 bridgehead atoms. The zero-order valence-electron chi connectivity index (χ0n) is 5.33. The maximum atomic E-state index is 4.19. The van der Waals surface area contributed by atoms with Gasteiger partial charge >= 0.3 is 0 Å². The zero-order chi connectivity index (χ0) is 6.97. The lowest BCUT2D eigenvalue weighted by molar-refractivity contribution is 0.526. The Morgan fingerprint density at radius 1 is 1.70 bits per heavy atom. The minimum Gasteiger partial charge on any atom is -0.267 e. The van der Waals surface area contributed by atoms with E-state index in [1.807, 2.05) is 28.8 Å². The smallest absolute Gasteiger partial charge is 0.0700 e. The van der Waals surface area contributed by atoms with Crippen LogP contribution in [0.2, 0.25) is 0 Å². The third-order valence-corrected chi connectivity index (χ3v) is 3.22. The molecule has 2 heterocycles. The van der Waals surface area contributed by atoms with Crippen LogP contribution < -0.4 is 0 Å². The quantitative estimate of drug-likeness (QED) is 0.718. The molecule has 0 saturated carbocycles. The van der Waals surface area contributed by atoms with Crippen molar-refractivity contribution in [2.75, 3.05) is 11.5 Å². The first kappa shape index (κ1) is 6.73. The average Bonchev–Trinajstić information content (AvgIpc) is 2.10. The molecule has 1 aromatic heterocycles. The SMILES string of the molecule is Brc1cnn(C2CSC2)c1. The van der Waals surface area contributed by atoms with Crippen molar-refractivity contribution in [3.8, 4) is 0 Å². The maximum Gasteiger partial charge on any atom is 0.0700 e. The van der Waals surface area contributed by atoms with Crippen molar-refractivity contribution in [2.24, 2.45) is 0 Å². The van der Waals surface area contributed by atoms with Gasteiger partial charge < -0.3 is 0 Å². The van der Waals surface area contributed by atoms with Crippen LogP contribution in [0.25, 0.3) is 0 Å². The summed E-state index contributed by atoms with van der Waals surface area (Å²) in [4.78, 5) is 0. The Bertz CT molecular complexity index is 231. The molecule has 1 fully saturated rings. The Hall–Kier alpha value is 0.0400. The van der Waals surface area contributed by atoms with Crippen molar-refractivity contribution < 1.29 is 0 Å². The number of nitrogens with zero attached hydrogens (tertiary/aromatic N) is 2. The van der Waals surface area contributed by atoms with E-state index in [0.29, 0.717) is 6.04 Å². The number of hydrogen-bond acceptors (Lipinski definition) is 2. The summed E-state index contributed by atoms with van der Waals surface area (Å²) in [6.45, 7) is 0. The van der Waals surface area contributed by atoms with Gasteiger partial charge in [0.1, 0.15) is 0 Å². The number of thioether (sulfide) groups is 1. The first-order valence-electron chi connectivity index (χ1n) is 3.13. The van der Waals surface area contributed by atoms with Crippen molar-refractivity contribution in [3.63, 3.8) is 0 Å². The summed E-state index contributed by atoms with van der Waals surface area (Å²) in [6.07, 6.45) is 3.87. The third-order valence-electron chi connectivity index (χ3n) is 1.56. The molecule has 0 spiro atoms. The Morgan fingerprint density at radius 2 is 2.50 bits per heavy atom. The lowest BCUT2D eigenvalue weighted by Crippen LogP contribution is -2.22. The predicted octanol–water partition coefficient (Wildman–Crippen LogP) is 1.93. The highest BCUT2D eigenvalue weighted by atomic mass is 79.9. The molecular weight excluding hydrogens is 212 g/mol. The zero-order valence-corrected chi connectivity index (χ0v) is 7.73. The Labute approximate surface area is 72.1 Å². The van der Waals surface area contributed by atoms with Gasteiger partial charge in [0.05, 0.1) is 16.7 Å². The summed E-state index contributed by atoms with van der Waals surface area (Å²) in [5.74, 6) is 2.43. The lowest BCUT2D eigenvalue weighted by atomic mass is 10.4. The minimum atomic E-state index is 0.649. The first-order valence-corrected chi connectivity index (χ1v) is 5.08. The largest absolute Gasteiger partial charge is 0.267 e. The molecule has 0 atom stereocenters. The molecule has 0 amide bonds. The van der Waals surface area contributed by atoms with Gasteiger partial charge in [-0.3, -0.25) is 4.68 Å². The monoisotopic (exact) mass is 218 g/mol. The van der Waals surface area contributed by atoms with Crippen LogP contribution in [-0.4, -0.2) is 21.3 Å². The average molecular weight is 219 g/mol. The second-order valence-corrected chi connectivity index (χ2v) is 4.32. The normalized spacial score (nSPS) is 18.9. The summed E-state index contributed by atoms with van der Waals surface area (Å²) in [7, 11) is 0. The second-order valence-electron chi connectivity index (χ2n) is 2.33. The molecule has 1 aliphatic heterocycles. The Morgan fingerprint density at radius 3 is 2.90 bits per heavy atom. The molecule has 1 aliphatic rings. The summed E-state index contributed by atoms with van der Waals surface area (Å²) >= 11 is 5.34. The van der Waals surface area contributed by atoms with Crippen molar-refractivity contribution in [2.45, 2.75) is 6.04 Å². The first-order chi connectivity index (χ1) is 4.86. The summed E-state index contributed by atoms with van der Waals surface area (Å²) in [5.41, 5.74) is 0. The summed E-state index contributed by atoms with van der Waals surface area (Å²) in [6, 6.07) is 0.649. The fourth-order valence-corrected chi connectivity index (χ4v) is 1.94. The van der Waals surface area contributed by atoms with Gasteiger partial charge in [-0.1, -0.05) is 0 Å². The molecule has 4 heteroatoms. The fourth-order valence-electron chi connectivity index (χ4n) is 0.891. The van der Waals surface area contributed by atoms with Gasteiger partial charge in [-0.2, -0.15) is 16.9 Å². The van der Waals surface area contributed by atoms with Crippen molar-refractivity contribution in [3.05, 3.63) is 16.9 Å². The van der Waals surface area contributed by atoms with E-state index < -0.39 is 0 Å². The minimum absolute atomic E-state index is 0.649. The highest BCUT2D eigenvalue weighted by molar-refractivity contribution is 9.10. The van der Waals surface area contributed by atoms with Crippen LogP contribution in [0.15, 0.2) is 16.9 Å². The van der Waals surface area contributed by atoms with Crippen LogP contribution in [0.1, 0.15) is 6.04 Å². The number of rotatable bonds is 1. The number of hydrogen-bond donors (Lipinski definition) is 0. The molecule has 10 heavy (non-hydrogen) atoms. The van der Waals surface area contributed by atoms with E-state index in [2.05, 4.69) is 21.0 Å². The lowest BCUT2D eigenvalue weighted by Gasteiger charge is -2.24. The van der Waals surface area contributed by atoms with E-state index in [4.69, 9.17) is 0 Å². The van der Waals surface area contributed by atoms with E-state index in [9.17, 15) is 0 Å². The Balaban J connectivity index is 2.17. The molecule has 1 saturated heterocycles. The van der Waals surface area contributed by atoms with Crippen LogP contribution in [0.4, 0.5) is 0 Å². The predicted molar refractivity (Wildman–Crippen MR) is 46.3 cm³/mol. The standard InChI is InChI=1S/C6H7BrN2S/c7-5-1-8-9(2-5)6-3-10-4-6/h1-2,6H,3-4H2. The van der Waals surface area contributed by atoms with Crippen molar-refractivity contribution in [1.82, 2.24) is 9.78 Å². The van der Waals surface area contributed by atoms with Crippen LogP contribution >= 0.6 is 27.7 Å². The van der Waals surface area contributed by atoms with Gasteiger partial charge in [0.2, 0.25) is 0 Å². The van der Waals surface area contributed by atoms with Crippen LogP contribution in [-0.2, 0) is 0 Å². The van der Waals surface area contributed by atoms with Gasteiger partial charge in [-0.25, -0.2) is 0 Å². The molecule has 0 radical (unpaired) electrons. The molecular formula is C6H7BrN2S. The van der Waals surface area contributed by atoms with E-state index in [-0.39, 0.29) is 0 Å². The highest BCUT2D eigenvalue weighted by Gasteiger charge is 2.20. The van der Waals surface area contributed by atoms with Gasteiger partial charge in [0.15, 0.2) is 0 Å². The molecule has 0 unspecified atom stereocenters. The van der Waals surface area contributed by atoms with Gasteiger partial charge in [-0.05, 0) is 15.9 Å². The maximum absolute atomic E-state index is 4.19. The van der Waals surface area contributed by atoms with Crippen molar-refractivity contribution >= 4 is 27.7 Å². The van der Waals surface area contributed by atoms with Gasteiger partial charge in [0, 0.05) is 17.7 Å². The van der Waals surface area contributed by atoms with E-state index in [1.165, 1.54) is 11.5 Å². The summed E-state index contributed by atoms with van der Waals surface area (Å²) in [5, 5.41) is 4.19. The van der Waals surface area contributed by atoms with Crippen LogP contribution in [0, 0.1) is 0 Å². The molecule has 0 aliphatic carbocycles. The van der Waals surface area contributed by atoms with Gasteiger partial charge in [0.25, 0.3) is 0 Å². The molecule has 2 rings (SSSR count). The molecule has 54 valence electrons. The summed E-state index contributed by atoms with van der Waals surface area (Å²) < 4.78 is 3.10. The number of halogens is 1. The van der Waals surface area contributed by atoms with Crippen LogP contribution in [0.3, 0.4) is 0 Å². The van der Waals surface area contributed by atoms with E-state index in [0.717, 1.165) is 4.47 Å². The fraction of sp³-hybridized carbons (Fsp3) is 0.500. The Kier molecular flexibility index (Phi) is 1.74. The van der Waals surface area contributed by atoms with Crippen molar-refractivity contribution in [1.29, 1.82) is 0 Å². The molecule has 1 aromatic rings. The molecule has 0 aromatic carbocycles. The van der Waals surface area contributed by atoms with E-state index >= 15 is 0 Å². The molecule has 0 N–H and O–H groups in total. The second kappa shape index (κ2) is 2.58. The third kappa shape index (κ3) is 1.10. The topological polar surface area (TPSA) is 17.8 Å². The molecule has 2 nitrogen and oxygen atoms in total. The highest BCUT2D eigenvalue weighted by Crippen LogP contribution is 2.29. The van der Waals surface area contributed by atoms with E-state index in [1.54, 1.807) is 0 Å². The van der Waals surface area contributed by atoms with Gasteiger partial charge in [-0.15, -0.1) is 0 Å².